The molecule has 24 heavy (non-hydrogen) atoms. The summed E-state index contributed by atoms with van der Waals surface area (Å²) in [6.07, 6.45) is 3.76. The summed E-state index contributed by atoms with van der Waals surface area (Å²) < 4.78 is 33.9. The van der Waals surface area contributed by atoms with Gasteiger partial charge in [0.05, 0.1) is 15.8 Å². The van der Waals surface area contributed by atoms with Crippen LogP contribution in [0.1, 0.15) is 12.1 Å². The third-order valence-corrected chi connectivity index (χ3v) is 4.37. The minimum Gasteiger partial charge on any atom is -0.748 e. The Morgan fingerprint density at radius 1 is 1.25 bits per heavy atom. The van der Waals surface area contributed by atoms with Crippen LogP contribution in [0.25, 0.3) is 0 Å². The molecule has 128 valence electrons. The highest BCUT2D eigenvalue weighted by Gasteiger charge is 2.08. The molecule has 0 unspecified atom stereocenters. The summed E-state index contributed by atoms with van der Waals surface area (Å²) in [4.78, 5) is 0. The summed E-state index contributed by atoms with van der Waals surface area (Å²) in [7, 11) is -2.37. The van der Waals surface area contributed by atoms with Crippen LogP contribution in [-0.2, 0) is 16.7 Å². The molecule has 1 heterocycles. The van der Waals surface area contributed by atoms with Gasteiger partial charge in [-0.05, 0) is 30.3 Å². The molecular weight excluding hydrogens is 350 g/mol. The zero-order chi connectivity index (χ0) is 17.6. The Balaban J connectivity index is 2.07. The lowest BCUT2D eigenvalue weighted by Crippen LogP contribution is -2.38. The van der Waals surface area contributed by atoms with Crippen LogP contribution in [0.5, 0.6) is 0 Å². The molecule has 6 nitrogen and oxygen atoms in total. The van der Waals surface area contributed by atoms with Gasteiger partial charge in [-0.25, -0.2) is 8.42 Å². The minimum atomic E-state index is -4.19. The summed E-state index contributed by atoms with van der Waals surface area (Å²) in [6.45, 7) is 0.425. The number of aryl methyl sites for hydroxylation is 1. The number of anilines is 1. The van der Waals surface area contributed by atoms with E-state index >= 15 is 0 Å². The van der Waals surface area contributed by atoms with Gasteiger partial charge in [0.15, 0.2) is 6.20 Å². The zero-order valence-electron chi connectivity index (χ0n) is 13.2. The first kappa shape index (κ1) is 18.4. The maximum Gasteiger partial charge on any atom is 0.225 e. The van der Waals surface area contributed by atoms with Gasteiger partial charge in [-0.15, -0.1) is 0 Å². The van der Waals surface area contributed by atoms with Crippen LogP contribution in [0.4, 0.5) is 5.69 Å². The van der Waals surface area contributed by atoms with E-state index in [1.165, 1.54) is 0 Å². The van der Waals surface area contributed by atoms with Crippen molar-refractivity contribution < 1.29 is 17.5 Å². The van der Waals surface area contributed by atoms with Gasteiger partial charge in [-0.1, -0.05) is 11.6 Å². The number of halogens is 1. The number of pyridine rings is 1. The molecule has 0 saturated heterocycles. The maximum atomic E-state index is 10.7. The monoisotopic (exact) mass is 367 g/mol. The van der Waals surface area contributed by atoms with Crippen LogP contribution in [0.15, 0.2) is 53.8 Å². The van der Waals surface area contributed by atoms with Gasteiger partial charge in [-0.3, -0.25) is 5.01 Å². The molecule has 0 N–H and O–H groups in total. The zero-order valence-corrected chi connectivity index (χ0v) is 14.7. The van der Waals surface area contributed by atoms with Crippen molar-refractivity contribution in [3.8, 4) is 0 Å². The van der Waals surface area contributed by atoms with Crippen LogP contribution < -0.4 is 9.58 Å². The Hall–Kier alpha value is -1.96. The molecule has 8 heteroatoms. The highest BCUT2D eigenvalue weighted by atomic mass is 35.5. The first-order valence-electron chi connectivity index (χ1n) is 7.30. The van der Waals surface area contributed by atoms with E-state index in [0.29, 0.717) is 11.6 Å². The van der Waals surface area contributed by atoms with E-state index in [-0.39, 0.29) is 12.2 Å². The average molecular weight is 368 g/mol. The summed E-state index contributed by atoms with van der Waals surface area (Å²) in [5, 5.41) is 6.74. The molecule has 0 aliphatic heterocycles. The van der Waals surface area contributed by atoms with Crippen LogP contribution in [0.2, 0.25) is 5.02 Å². The lowest BCUT2D eigenvalue weighted by molar-refractivity contribution is -0.697. The van der Waals surface area contributed by atoms with Crippen molar-refractivity contribution in [2.24, 2.45) is 5.10 Å². The van der Waals surface area contributed by atoms with Crippen molar-refractivity contribution in [3.05, 3.63) is 59.4 Å². The van der Waals surface area contributed by atoms with E-state index in [2.05, 4.69) is 5.10 Å². The van der Waals surface area contributed by atoms with Gasteiger partial charge in [0.25, 0.3) is 0 Å². The maximum absolute atomic E-state index is 10.7. The molecule has 0 bridgehead atoms. The SMILES string of the molecule is CN(/N=C/c1cccc[n+]1CCCS(=O)(=O)[O-])c1ccc(Cl)cc1. The fourth-order valence-corrected chi connectivity index (χ4v) is 2.70. The van der Waals surface area contributed by atoms with E-state index in [1.807, 2.05) is 48.1 Å². The van der Waals surface area contributed by atoms with Crippen molar-refractivity contribution in [1.82, 2.24) is 0 Å². The van der Waals surface area contributed by atoms with Gasteiger partial charge >= 0.3 is 0 Å². The number of nitrogens with zero attached hydrogens (tertiary/aromatic N) is 3. The number of hydrogen-bond donors (Lipinski definition) is 0. The predicted molar refractivity (Wildman–Crippen MR) is 93.3 cm³/mol. The normalized spacial score (nSPS) is 11.8. The number of benzene rings is 1. The Kier molecular flexibility index (Phi) is 6.30. The van der Waals surface area contributed by atoms with Crippen LogP contribution in [-0.4, -0.2) is 32.0 Å². The van der Waals surface area contributed by atoms with Crippen LogP contribution in [0.3, 0.4) is 0 Å². The third-order valence-electron chi connectivity index (χ3n) is 3.33. The van der Waals surface area contributed by atoms with E-state index in [1.54, 1.807) is 23.4 Å². The molecule has 0 radical (unpaired) electrons. The second-order valence-corrected chi connectivity index (χ2v) is 7.14. The number of hydrazone groups is 1. The minimum absolute atomic E-state index is 0.258. The highest BCUT2D eigenvalue weighted by Crippen LogP contribution is 2.16. The fraction of sp³-hybridized carbons (Fsp3) is 0.250. The summed E-state index contributed by atoms with van der Waals surface area (Å²) in [5.41, 5.74) is 1.69. The van der Waals surface area contributed by atoms with E-state index in [4.69, 9.17) is 11.6 Å². The molecule has 2 aromatic rings. The Labute approximate surface area is 146 Å². The van der Waals surface area contributed by atoms with Crippen LogP contribution >= 0.6 is 11.6 Å². The Morgan fingerprint density at radius 2 is 1.96 bits per heavy atom. The number of aromatic nitrogens is 1. The van der Waals surface area contributed by atoms with Crippen LogP contribution in [0, 0.1) is 0 Å². The van der Waals surface area contributed by atoms with Gasteiger partial charge in [-0.2, -0.15) is 9.67 Å². The second kappa shape index (κ2) is 8.23. The molecule has 0 fully saturated rings. The molecule has 0 amide bonds. The van der Waals surface area contributed by atoms with Gasteiger partial charge in [0.2, 0.25) is 5.69 Å². The van der Waals surface area contributed by atoms with Crippen molar-refractivity contribution >= 4 is 33.6 Å². The first-order chi connectivity index (χ1) is 11.3. The smallest absolute Gasteiger partial charge is 0.225 e. The molecule has 0 atom stereocenters. The standard InChI is InChI=1S/C16H18ClN3O3S/c1-19(15-8-6-14(17)7-9-15)18-13-16-5-2-3-10-20(16)11-4-12-24(21,22)23/h2-3,5-10,13H,4,11-12H2,1H3. The molecule has 0 aliphatic rings. The predicted octanol–water partition coefficient (Wildman–Crippen LogP) is 2.03. The molecule has 0 aliphatic carbocycles. The van der Waals surface area contributed by atoms with E-state index in [0.717, 1.165) is 11.4 Å². The fourth-order valence-electron chi connectivity index (χ4n) is 2.09. The molecule has 1 aromatic carbocycles. The quantitative estimate of drug-likeness (QED) is 0.325. The molecule has 0 saturated carbocycles. The molecular formula is C16H18ClN3O3S. The highest BCUT2D eigenvalue weighted by molar-refractivity contribution is 7.85. The van der Waals surface area contributed by atoms with Crippen molar-refractivity contribution in [3.63, 3.8) is 0 Å². The van der Waals surface area contributed by atoms with Crippen molar-refractivity contribution in [2.45, 2.75) is 13.0 Å². The topological polar surface area (TPSA) is 76.7 Å². The first-order valence-corrected chi connectivity index (χ1v) is 9.26. The third kappa shape index (κ3) is 5.92. The van der Waals surface area contributed by atoms with Gasteiger partial charge in [0, 0.05) is 36.4 Å². The molecule has 0 spiro atoms. The lowest BCUT2D eigenvalue weighted by Gasteiger charge is -2.12. The summed E-state index contributed by atoms with van der Waals surface area (Å²) in [5.74, 6) is -0.379. The summed E-state index contributed by atoms with van der Waals surface area (Å²) >= 11 is 5.87. The van der Waals surface area contributed by atoms with E-state index < -0.39 is 10.1 Å². The van der Waals surface area contributed by atoms with Crippen molar-refractivity contribution in [1.29, 1.82) is 0 Å². The van der Waals surface area contributed by atoms with Crippen molar-refractivity contribution in [2.75, 3.05) is 17.8 Å². The van der Waals surface area contributed by atoms with Gasteiger partial charge in [0.1, 0.15) is 12.8 Å². The number of hydrogen-bond acceptors (Lipinski definition) is 5. The van der Waals surface area contributed by atoms with E-state index in [9.17, 15) is 13.0 Å². The Morgan fingerprint density at radius 3 is 2.62 bits per heavy atom. The lowest BCUT2D eigenvalue weighted by atomic mass is 10.3. The number of rotatable bonds is 7. The second-order valence-electron chi connectivity index (χ2n) is 5.18. The largest absolute Gasteiger partial charge is 0.748 e. The molecule has 2 rings (SSSR count). The summed E-state index contributed by atoms with van der Waals surface area (Å²) in [6, 6.07) is 12.9. The Bertz CT molecular complexity index is 808. The van der Waals surface area contributed by atoms with Gasteiger partial charge < -0.3 is 4.55 Å². The molecule has 1 aromatic heterocycles. The average Bonchev–Trinajstić information content (AvgIpc) is 2.53.